The molecule has 2 N–H and O–H groups in total. The molecule has 0 bridgehead atoms. The largest absolute Gasteiger partial charge is 0.376 e. The lowest BCUT2D eigenvalue weighted by atomic mass is 10.2. The SMILES string of the molecule is O=C(CNC(=O)c1ccccc1Br)NCC1CCCO1. The molecule has 1 aromatic rings. The maximum Gasteiger partial charge on any atom is 0.252 e. The molecule has 0 spiro atoms. The Morgan fingerprint density at radius 3 is 2.80 bits per heavy atom. The van der Waals surface area contributed by atoms with Crippen molar-refractivity contribution in [1.82, 2.24) is 10.6 Å². The summed E-state index contributed by atoms with van der Waals surface area (Å²) in [6.07, 6.45) is 2.13. The fourth-order valence-electron chi connectivity index (χ4n) is 2.00. The highest BCUT2D eigenvalue weighted by molar-refractivity contribution is 9.10. The molecule has 1 fully saturated rings. The molecule has 0 aliphatic carbocycles. The van der Waals surface area contributed by atoms with Gasteiger partial charge in [-0.2, -0.15) is 0 Å². The van der Waals surface area contributed by atoms with Crippen molar-refractivity contribution in [2.24, 2.45) is 0 Å². The van der Waals surface area contributed by atoms with Gasteiger partial charge in [-0.3, -0.25) is 9.59 Å². The van der Waals surface area contributed by atoms with Crippen LogP contribution < -0.4 is 10.6 Å². The van der Waals surface area contributed by atoms with E-state index in [9.17, 15) is 9.59 Å². The second kappa shape index (κ2) is 7.40. The molecular formula is C14H17BrN2O3. The van der Waals surface area contributed by atoms with E-state index in [0.29, 0.717) is 16.6 Å². The van der Waals surface area contributed by atoms with Crippen LogP contribution in [0.25, 0.3) is 0 Å². The third-order valence-corrected chi connectivity index (χ3v) is 3.77. The third-order valence-electron chi connectivity index (χ3n) is 3.08. The van der Waals surface area contributed by atoms with Crippen molar-refractivity contribution in [3.05, 3.63) is 34.3 Å². The van der Waals surface area contributed by atoms with Gasteiger partial charge in [0.25, 0.3) is 5.91 Å². The molecule has 2 amide bonds. The zero-order valence-corrected chi connectivity index (χ0v) is 12.6. The normalized spacial score (nSPS) is 17.8. The Kier molecular flexibility index (Phi) is 5.55. The zero-order valence-electron chi connectivity index (χ0n) is 11.0. The van der Waals surface area contributed by atoms with Crippen LogP contribution in [-0.4, -0.2) is 37.6 Å². The summed E-state index contributed by atoms with van der Waals surface area (Å²) >= 11 is 3.30. The second-order valence-corrected chi connectivity index (χ2v) is 5.46. The molecule has 0 saturated carbocycles. The average Bonchev–Trinajstić information content (AvgIpc) is 2.96. The van der Waals surface area contributed by atoms with E-state index in [2.05, 4.69) is 26.6 Å². The van der Waals surface area contributed by atoms with Gasteiger partial charge < -0.3 is 15.4 Å². The van der Waals surface area contributed by atoms with Gasteiger partial charge in [0.1, 0.15) is 0 Å². The lowest BCUT2D eigenvalue weighted by Crippen LogP contribution is -2.40. The summed E-state index contributed by atoms with van der Waals surface area (Å²) in [4.78, 5) is 23.5. The maximum atomic E-state index is 11.9. The standard InChI is InChI=1S/C14H17BrN2O3/c15-12-6-2-1-5-11(12)14(19)17-9-13(18)16-8-10-4-3-7-20-10/h1-2,5-6,10H,3-4,7-9H2,(H,16,18)(H,17,19). The van der Waals surface area contributed by atoms with Gasteiger partial charge in [0.05, 0.1) is 18.2 Å². The van der Waals surface area contributed by atoms with Crippen molar-refractivity contribution in [3.63, 3.8) is 0 Å². The van der Waals surface area contributed by atoms with Gasteiger partial charge in [-0.05, 0) is 40.9 Å². The smallest absolute Gasteiger partial charge is 0.252 e. The Hall–Kier alpha value is -1.40. The lowest BCUT2D eigenvalue weighted by Gasteiger charge is -2.11. The van der Waals surface area contributed by atoms with E-state index in [0.717, 1.165) is 19.4 Å². The summed E-state index contributed by atoms with van der Waals surface area (Å²) in [5.41, 5.74) is 0.513. The molecule has 0 radical (unpaired) electrons. The summed E-state index contributed by atoms with van der Waals surface area (Å²) in [5.74, 6) is -0.481. The topological polar surface area (TPSA) is 67.4 Å². The van der Waals surface area contributed by atoms with Gasteiger partial charge in [-0.1, -0.05) is 12.1 Å². The number of hydrogen-bond donors (Lipinski definition) is 2. The molecule has 20 heavy (non-hydrogen) atoms. The molecule has 1 atom stereocenters. The molecule has 6 heteroatoms. The summed E-state index contributed by atoms with van der Waals surface area (Å²) in [6.45, 7) is 1.23. The molecule has 1 unspecified atom stereocenters. The first-order chi connectivity index (χ1) is 9.66. The Bertz CT molecular complexity index is 487. The number of ether oxygens (including phenoxy) is 1. The van der Waals surface area contributed by atoms with Crippen molar-refractivity contribution in [1.29, 1.82) is 0 Å². The second-order valence-electron chi connectivity index (χ2n) is 4.60. The van der Waals surface area contributed by atoms with Gasteiger partial charge in [-0.25, -0.2) is 0 Å². The highest BCUT2D eigenvalue weighted by Gasteiger charge is 2.16. The molecule has 1 aromatic carbocycles. The van der Waals surface area contributed by atoms with Gasteiger partial charge in [-0.15, -0.1) is 0 Å². The van der Waals surface area contributed by atoms with Crippen LogP contribution in [-0.2, 0) is 9.53 Å². The first-order valence-electron chi connectivity index (χ1n) is 6.58. The molecular weight excluding hydrogens is 324 g/mol. The van der Waals surface area contributed by atoms with Crippen LogP contribution in [0.4, 0.5) is 0 Å². The fourth-order valence-corrected chi connectivity index (χ4v) is 2.46. The number of benzene rings is 1. The van der Waals surface area contributed by atoms with Crippen molar-refractivity contribution >= 4 is 27.7 Å². The van der Waals surface area contributed by atoms with E-state index in [1.54, 1.807) is 18.2 Å². The Balaban J connectivity index is 1.72. The Morgan fingerprint density at radius 2 is 2.10 bits per heavy atom. The quantitative estimate of drug-likeness (QED) is 0.852. The fraction of sp³-hybridized carbons (Fsp3) is 0.429. The van der Waals surface area contributed by atoms with Crippen molar-refractivity contribution in [2.75, 3.05) is 19.7 Å². The molecule has 5 nitrogen and oxygen atoms in total. The minimum Gasteiger partial charge on any atom is -0.376 e. The highest BCUT2D eigenvalue weighted by atomic mass is 79.9. The van der Waals surface area contributed by atoms with E-state index >= 15 is 0 Å². The number of hydrogen-bond acceptors (Lipinski definition) is 3. The molecule has 2 rings (SSSR count). The number of nitrogens with one attached hydrogen (secondary N) is 2. The molecule has 1 aliphatic heterocycles. The number of rotatable bonds is 5. The summed E-state index contributed by atoms with van der Waals surface area (Å²) in [6, 6.07) is 7.09. The van der Waals surface area contributed by atoms with E-state index < -0.39 is 0 Å². The van der Waals surface area contributed by atoms with Crippen LogP contribution in [0.5, 0.6) is 0 Å². The van der Waals surface area contributed by atoms with E-state index in [-0.39, 0.29) is 24.5 Å². The zero-order chi connectivity index (χ0) is 14.4. The van der Waals surface area contributed by atoms with Gasteiger partial charge >= 0.3 is 0 Å². The first kappa shape index (κ1) is 15.0. The summed E-state index contributed by atoms with van der Waals surface area (Å²) < 4.78 is 6.11. The Labute approximate surface area is 126 Å². The number of amides is 2. The molecule has 1 aliphatic rings. The summed E-state index contributed by atoms with van der Waals surface area (Å²) in [7, 11) is 0. The maximum absolute atomic E-state index is 11.9. The van der Waals surface area contributed by atoms with E-state index in [4.69, 9.17) is 4.74 Å². The predicted octanol–water partition coefficient (Wildman–Crippen LogP) is 1.47. The average molecular weight is 341 g/mol. The van der Waals surface area contributed by atoms with Crippen LogP contribution in [0.15, 0.2) is 28.7 Å². The van der Waals surface area contributed by atoms with Crippen LogP contribution in [0.2, 0.25) is 0 Å². The third kappa shape index (κ3) is 4.31. The van der Waals surface area contributed by atoms with Crippen molar-refractivity contribution in [2.45, 2.75) is 18.9 Å². The molecule has 0 aromatic heterocycles. The highest BCUT2D eigenvalue weighted by Crippen LogP contribution is 2.15. The van der Waals surface area contributed by atoms with Gasteiger partial charge in [0, 0.05) is 17.6 Å². The van der Waals surface area contributed by atoms with Gasteiger partial charge in [0.15, 0.2) is 0 Å². The molecule has 1 heterocycles. The number of carbonyl (C=O) groups is 2. The van der Waals surface area contributed by atoms with E-state index in [1.165, 1.54) is 0 Å². The monoisotopic (exact) mass is 340 g/mol. The number of carbonyl (C=O) groups excluding carboxylic acids is 2. The molecule has 1 saturated heterocycles. The minimum absolute atomic E-state index is 0.0348. The first-order valence-corrected chi connectivity index (χ1v) is 7.37. The van der Waals surface area contributed by atoms with Crippen LogP contribution in [0.1, 0.15) is 23.2 Å². The minimum atomic E-state index is -0.273. The molecule has 108 valence electrons. The van der Waals surface area contributed by atoms with Crippen LogP contribution in [0.3, 0.4) is 0 Å². The van der Waals surface area contributed by atoms with Crippen LogP contribution in [0, 0.1) is 0 Å². The van der Waals surface area contributed by atoms with E-state index in [1.807, 2.05) is 6.07 Å². The van der Waals surface area contributed by atoms with Crippen molar-refractivity contribution in [3.8, 4) is 0 Å². The van der Waals surface area contributed by atoms with Gasteiger partial charge in [0.2, 0.25) is 5.91 Å². The Morgan fingerprint density at radius 1 is 1.30 bits per heavy atom. The van der Waals surface area contributed by atoms with Crippen molar-refractivity contribution < 1.29 is 14.3 Å². The lowest BCUT2D eigenvalue weighted by molar-refractivity contribution is -0.120. The predicted molar refractivity (Wildman–Crippen MR) is 78.5 cm³/mol. The number of halogens is 1. The van der Waals surface area contributed by atoms with Crippen LogP contribution >= 0.6 is 15.9 Å². The summed E-state index contributed by atoms with van der Waals surface area (Å²) in [5, 5.41) is 5.35.